The highest BCUT2D eigenvalue weighted by molar-refractivity contribution is 6.08. The van der Waals surface area contributed by atoms with Gasteiger partial charge in [0.05, 0.1) is 23.3 Å². The van der Waals surface area contributed by atoms with Gasteiger partial charge in [-0.1, -0.05) is 19.3 Å². The predicted octanol–water partition coefficient (Wildman–Crippen LogP) is 4.61. The quantitative estimate of drug-likeness (QED) is 0.790. The second-order valence-electron chi connectivity index (χ2n) is 8.12. The van der Waals surface area contributed by atoms with Gasteiger partial charge in [0.15, 0.2) is 0 Å². The maximum atomic E-state index is 14.0. The van der Waals surface area contributed by atoms with Gasteiger partial charge in [0.2, 0.25) is 0 Å². The van der Waals surface area contributed by atoms with Gasteiger partial charge >= 0.3 is 5.97 Å². The molecule has 1 N–H and O–H groups in total. The van der Waals surface area contributed by atoms with E-state index in [0.29, 0.717) is 11.6 Å². The molecule has 28 heavy (non-hydrogen) atoms. The lowest BCUT2D eigenvalue weighted by Gasteiger charge is -2.47. The minimum Gasteiger partial charge on any atom is -0.478 e. The van der Waals surface area contributed by atoms with Crippen molar-refractivity contribution in [3.63, 3.8) is 0 Å². The van der Waals surface area contributed by atoms with Crippen LogP contribution in [0.25, 0.3) is 0 Å². The molecule has 1 aromatic rings. The van der Waals surface area contributed by atoms with Crippen molar-refractivity contribution < 1.29 is 19.1 Å². The van der Waals surface area contributed by atoms with E-state index < -0.39 is 11.8 Å². The van der Waals surface area contributed by atoms with Crippen LogP contribution in [-0.2, 0) is 0 Å². The zero-order chi connectivity index (χ0) is 19.1. The van der Waals surface area contributed by atoms with Gasteiger partial charge in [-0.05, 0) is 56.7 Å². The van der Waals surface area contributed by atoms with Crippen molar-refractivity contribution in [1.82, 2.24) is 9.80 Å². The van der Waals surface area contributed by atoms with Crippen LogP contribution in [0, 0.1) is 5.82 Å². The Bertz CT molecular complexity index is 766. The first-order valence-electron chi connectivity index (χ1n) is 10.1. The molecule has 1 saturated carbocycles. The number of aromatic carboxylic acids is 1. The highest BCUT2D eigenvalue weighted by atomic mass is 35.5. The summed E-state index contributed by atoms with van der Waals surface area (Å²) in [5, 5.41) is 9.48. The van der Waals surface area contributed by atoms with Crippen molar-refractivity contribution in [2.24, 2.45) is 0 Å². The predicted molar refractivity (Wildman–Crippen MR) is 106 cm³/mol. The second-order valence-corrected chi connectivity index (χ2v) is 8.12. The Morgan fingerprint density at radius 2 is 1.79 bits per heavy atom. The Balaban J connectivity index is 0.00000225. The molecule has 0 bridgehead atoms. The van der Waals surface area contributed by atoms with Crippen molar-refractivity contribution in [3.8, 4) is 0 Å². The summed E-state index contributed by atoms with van der Waals surface area (Å²) in [6, 6.07) is 2.48. The van der Waals surface area contributed by atoms with Crippen LogP contribution in [0.1, 0.15) is 90.6 Å². The molecule has 2 heterocycles. The number of benzene rings is 1. The minimum absolute atomic E-state index is 0. The first kappa shape index (κ1) is 21.1. The molecule has 1 aromatic carbocycles. The molecule has 1 amide bonds. The number of carbonyl (C=O) groups is 2. The number of carboxylic acid groups (broad SMARTS) is 1. The van der Waals surface area contributed by atoms with Crippen LogP contribution < -0.4 is 0 Å². The second kappa shape index (κ2) is 8.37. The number of rotatable bonds is 3. The fourth-order valence-corrected chi connectivity index (χ4v) is 5.29. The van der Waals surface area contributed by atoms with E-state index in [4.69, 9.17) is 0 Å². The molecule has 154 valence electrons. The van der Waals surface area contributed by atoms with Gasteiger partial charge in [0.1, 0.15) is 5.82 Å². The van der Waals surface area contributed by atoms with Crippen LogP contribution in [0.15, 0.2) is 12.1 Å². The van der Waals surface area contributed by atoms with Crippen molar-refractivity contribution in [1.29, 1.82) is 0 Å². The lowest BCUT2D eigenvalue weighted by Crippen LogP contribution is -2.55. The largest absolute Gasteiger partial charge is 0.478 e. The molecule has 7 heteroatoms. The van der Waals surface area contributed by atoms with E-state index in [1.54, 1.807) is 0 Å². The maximum Gasteiger partial charge on any atom is 0.336 e. The number of likely N-dealkylation sites (tertiary alicyclic amines) is 1. The van der Waals surface area contributed by atoms with Crippen LogP contribution in [0.2, 0.25) is 0 Å². The zero-order valence-electron chi connectivity index (χ0n) is 16.2. The van der Waals surface area contributed by atoms with E-state index >= 15 is 0 Å². The van der Waals surface area contributed by atoms with Crippen LogP contribution in [0.4, 0.5) is 4.39 Å². The number of carbonyl (C=O) groups excluding carboxylic acids is 1. The molecule has 1 aliphatic carbocycles. The van der Waals surface area contributed by atoms with Crippen LogP contribution >= 0.6 is 12.4 Å². The van der Waals surface area contributed by atoms with Crippen molar-refractivity contribution in [2.45, 2.75) is 76.5 Å². The number of carboxylic acids is 1. The van der Waals surface area contributed by atoms with Crippen LogP contribution in [0.5, 0.6) is 0 Å². The third-order valence-corrected chi connectivity index (χ3v) is 6.56. The van der Waals surface area contributed by atoms with E-state index in [-0.39, 0.29) is 41.6 Å². The molecular formula is C21H28ClFN2O3. The van der Waals surface area contributed by atoms with Gasteiger partial charge in [-0.2, -0.15) is 0 Å². The summed E-state index contributed by atoms with van der Waals surface area (Å²) in [7, 11) is 0. The molecule has 2 fully saturated rings. The SMILES string of the molecule is CC1c2cc(F)cc(C(=O)O)c2C(=O)N1C1CCCCN1C1CCCCC1.Cl. The van der Waals surface area contributed by atoms with Gasteiger partial charge < -0.3 is 10.0 Å². The molecular weight excluding hydrogens is 383 g/mol. The Morgan fingerprint density at radius 3 is 2.46 bits per heavy atom. The van der Waals surface area contributed by atoms with Gasteiger partial charge in [-0.25, -0.2) is 9.18 Å². The van der Waals surface area contributed by atoms with E-state index in [0.717, 1.165) is 44.7 Å². The summed E-state index contributed by atoms with van der Waals surface area (Å²) in [6.07, 6.45) is 9.11. The summed E-state index contributed by atoms with van der Waals surface area (Å²) in [5.41, 5.74) is 0.460. The average Bonchev–Trinajstić information content (AvgIpc) is 2.92. The number of halogens is 2. The molecule has 2 atom stereocenters. The van der Waals surface area contributed by atoms with E-state index in [9.17, 15) is 19.1 Å². The highest BCUT2D eigenvalue weighted by Crippen LogP contribution is 2.41. The fourth-order valence-electron chi connectivity index (χ4n) is 5.29. The zero-order valence-corrected chi connectivity index (χ0v) is 17.0. The Morgan fingerprint density at radius 1 is 1.11 bits per heavy atom. The molecule has 2 unspecified atom stereocenters. The average molecular weight is 411 g/mol. The third-order valence-electron chi connectivity index (χ3n) is 6.56. The van der Waals surface area contributed by atoms with Crippen molar-refractivity contribution in [3.05, 3.63) is 34.6 Å². The first-order valence-corrected chi connectivity index (χ1v) is 10.1. The Hall–Kier alpha value is -1.66. The summed E-state index contributed by atoms with van der Waals surface area (Å²) < 4.78 is 14.0. The molecule has 4 rings (SSSR count). The number of hydrogen-bond acceptors (Lipinski definition) is 3. The summed E-state index contributed by atoms with van der Waals surface area (Å²) in [5.74, 6) is -2.11. The maximum absolute atomic E-state index is 14.0. The standard InChI is InChI=1S/C21H27FN2O3.ClH/c1-13-16-11-14(22)12-17(21(26)27)19(16)20(25)24(13)18-9-5-6-10-23(18)15-7-3-2-4-8-15;/h11-13,15,18H,2-10H2,1H3,(H,26,27);1H. The topological polar surface area (TPSA) is 60.9 Å². The van der Waals surface area contributed by atoms with E-state index in [1.165, 1.54) is 25.3 Å². The van der Waals surface area contributed by atoms with Crippen LogP contribution in [-0.4, -0.2) is 45.5 Å². The van der Waals surface area contributed by atoms with Crippen LogP contribution in [0.3, 0.4) is 0 Å². The summed E-state index contributed by atoms with van der Waals surface area (Å²) in [4.78, 5) is 29.2. The fraction of sp³-hybridized carbons (Fsp3) is 0.619. The number of fused-ring (bicyclic) bond motifs is 1. The van der Waals surface area contributed by atoms with Crippen molar-refractivity contribution in [2.75, 3.05) is 6.54 Å². The van der Waals surface area contributed by atoms with E-state index in [1.807, 2.05) is 11.8 Å². The molecule has 0 aromatic heterocycles. The number of nitrogens with zero attached hydrogens (tertiary/aromatic N) is 2. The monoisotopic (exact) mass is 410 g/mol. The molecule has 0 spiro atoms. The lowest BCUT2D eigenvalue weighted by molar-refractivity contribution is -0.0253. The lowest BCUT2D eigenvalue weighted by atomic mass is 9.91. The Kier molecular flexibility index (Phi) is 6.30. The van der Waals surface area contributed by atoms with Crippen molar-refractivity contribution >= 4 is 24.3 Å². The molecule has 5 nitrogen and oxygen atoms in total. The number of amides is 1. The van der Waals surface area contributed by atoms with Gasteiger partial charge in [0, 0.05) is 12.6 Å². The van der Waals surface area contributed by atoms with Gasteiger partial charge in [0.25, 0.3) is 5.91 Å². The third kappa shape index (κ3) is 3.52. The minimum atomic E-state index is -1.25. The number of piperidine rings is 1. The highest BCUT2D eigenvalue weighted by Gasteiger charge is 2.45. The summed E-state index contributed by atoms with van der Waals surface area (Å²) in [6.45, 7) is 2.87. The number of hydrogen-bond donors (Lipinski definition) is 1. The normalized spacial score (nSPS) is 26.1. The molecule has 0 radical (unpaired) electrons. The molecule has 3 aliphatic rings. The molecule has 2 aliphatic heterocycles. The smallest absolute Gasteiger partial charge is 0.336 e. The first-order chi connectivity index (χ1) is 13.0. The van der Waals surface area contributed by atoms with Gasteiger partial charge in [-0.15, -0.1) is 12.4 Å². The Labute approximate surface area is 171 Å². The van der Waals surface area contributed by atoms with E-state index in [2.05, 4.69) is 4.90 Å². The van der Waals surface area contributed by atoms with Gasteiger partial charge in [-0.3, -0.25) is 9.69 Å². The molecule has 1 saturated heterocycles. The summed E-state index contributed by atoms with van der Waals surface area (Å²) >= 11 is 0.